The fourth-order valence-electron chi connectivity index (χ4n) is 2.27. The molecule has 116 valence electrons. The van der Waals surface area contributed by atoms with Gasteiger partial charge in [0.2, 0.25) is 10.0 Å². The highest BCUT2D eigenvalue weighted by atomic mass is 35.5. The second-order valence-electron chi connectivity index (χ2n) is 4.74. The van der Waals surface area contributed by atoms with E-state index in [0.29, 0.717) is 12.8 Å². The molecule has 1 aliphatic heterocycles. The van der Waals surface area contributed by atoms with Gasteiger partial charge < -0.3 is 5.11 Å². The van der Waals surface area contributed by atoms with E-state index in [-0.39, 0.29) is 33.1 Å². The molecular weight excluding hydrogens is 361 g/mol. The molecule has 1 saturated heterocycles. The molecular formula is C12H12Cl3NO4S. The third-order valence-corrected chi connectivity index (χ3v) is 6.30. The molecule has 1 unspecified atom stereocenters. The molecule has 1 aromatic carbocycles. The molecule has 0 bridgehead atoms. The molecule has 21 heavy (non-hydrogen) atoms. The van der Waals surface area contributed by atoms with E-state index in [1.54, 1.807) is 0 Å². The largest absolute Gasteiger partial charge is 0.481 e. The number of carboxylic acid groups (broad SMARTS) is 1. The van der Waals surface area contributed by atoms with Crippen LogP contribution >= 0.6 is 34.8 Å². The topological polar surface area (TPSA) is 74.7 Å². The number of carboxylic acids is 1. The zero-order valence-corrected chi connectivity index (χ0v) is 13.8. The Balaban J connectivity index is 2.41. The van der Waals surface area contributed by atoms with Crippen LogP contribution in [0, 0.1) is 5.92 Å². The summed E-state index contributed by atoms with van der Waals surface area (Å²) in [6.07, 6.45) is 0.919. The van der Waals surface area contributed by atoms with Gasteiger partial charge in [0.05, 0.1) is 16.0 Å². The first-order valence-corrected chi connectivity index (χ1v) is 8.68. The van der Waals surface area contributed by atoms with Gasteiger partial charge in [-0.15, -0.1) is 0 Å². The van der Waals surface area contributed by atoms with Crippen LogP contribution in [0.25, 0.3) is 0 Å². The molecule has 0 aliphatic carbocycles. The molecule has 1 aliphatic rings. The third-order valence-electron chi connectivity index (χ3n) is 3.29. The minimum absolute atomic E-state index is 0.0788. The Bertz CT molecular complexity index is 654. The fourth-order valence-corrected chi connectivity index (χ4v) is 5.28. The third kappa shape index (κ3) is 3.46. The van der Waals surface area contributed by atoms with Crippen molar-refractivity contribution in [1.82, 2.24) is 4.31 Å². The summed E-state index contributed by atoms with van der Waals surface area (Å²) in [6.45, 7) is 0.147. The van der Waals surface area contributed by atoms with Crippen LogP contribution in [0.15, 0.2) is 17.0 Å². The smallest absolute Gasteiger partial charge is 0.307 e. The Hall–Kier alpha value is -0.530. The highest BCUT2D eigenvalue weighted by Crippen LogP contribution is 2.35. The van der Waals surface area contributed by atoms with E-state index in [0.717, 1.165) is 4.31 Å². The first-order valence-electron chi connectivity index (χ1n) is 6.11. The van der Waals surface area contributed by atoms with Crippen molar-refractivity contribution in [2.75, 3.05) is 13.1 Å². The quantitative estimate of drug-likeness (QED) is 0.884. The second kappa shape index (κ2) is 6.30. The molecule has 2 rings (SSSR count). The number of halogens is 3. The van der Waals surface area contributed by atoms with E-state index in [4.69, 9.17) is 39.9 Å². The van der Waals surface area contributed by atoms with Crippen molar-refractivity contribution in [2.24, 2.45) is 5.92 Å². The number of nitrogens with zero attached hydrogens (tertiary/aromatic N) is 1. The van der Waals surface area contributed by atoms with Gasteiger partial charge >= 0.3 is 5.97 Å². The SMILES string of the molecule is O=C(O)C1CCCN(S(=O)(=O)c2c(Cl)cc(Cl)cc2Cl)C1. The highest BCUT2D eigenvalue weighted by Gasteiger charge is 2.35. The number of carbonyl (C=O) groups is 1. The lowest BCUT2D eigenvalue weighted by Gasteiger charge is -2.30. The van der Waals surface area contributed by atoms with Gasteiger partial charge in [-0.1, -0.05) is 34.8 Å². The number of aliphatic carboxylic acids is 1. The molecule has 5 nitrogen and oxygen atoms in total. The van der Waals surface area contributed by atoms with Crippen LogP contribution in [-0.2, 0) is 14.8 Å². The molecule has 1 atom stereocenters. The number of rotatable bonds is 3. The minimum Gasteiger partial charge on any atom is -0.481 e. The van der Waals surface area contributed by atoms with E-state index in [1.807, 2.05) is 0 Å². The van der Waals surface area contributed by atoms with Gasteiger partial charge in [-0.25, -0.2) is 8.42 Å². The number of sulfonamides is 1. The van der Waals surface area contributed by atoms with Gasteiger partial charge in [0.1, 0.15) is 4.90 Å². The van der Waals surface area contributed by atoms with Crippen LogP contribution in [0.4, 0.5) is 0 Å². The van der Waals surface area contributed by atoms with Crippen LogP contribution in [0.5, 0.6) is 0 Å². The molecule has 9 heteroatoms. The lowest BCUT2D eigenvalue weighted by atomic mass is 10.0. The molecule has 1 heterocycles. The summed E-state index contributed by atoms with van der Waals surface area (Å²) in [5, 5.41) is 9.12. The fraction of sp³-hybridized carbons (Fsp3) is 0.417. The van der Waals surface area contributed by atoms with Crippen molar-refractivity contribution in [3.63, 3.8) is 0 Å². The maximum atomic E-state index is 12.6. The van der Waals surface area contributed by atoms with E-state index < -0.39 is 21.9 Å². The molecule has 0 saturated carbocycles. The average Bonchev–Trinajstić information content (AvgIpc) is 2.37. The van der Waals surface area contributed by atoms with Crippen LogP contribution < -0.4 is 0 Å². The molecule has 1 N–H and O–H groups in total. The van der Waals surface area contributed by atoms with Crippen LogP contribution in [0.1, 0.15) is 12.8 Å². The van der Waals surface area contributed by atoms with Gasteiger partial charge in [-0.05, 0) is 25.0 Å². The lowest BCUT2D eigenvalue weighted by molar-refractivity contribution is -0.142. The van der Waals surface area contributed by atoms with Crippen molar-refractivity contribution in [3.8, 4) is 0 Å². The summed E-state index contributed by atoms with van der Waals surface area (Å²) < 4.78 is 26.4. The Morgan fingerprint density at radius 3 is 2.33 bits per heavy atom. The minimum atomic E-state index is -3.96. The number of piperidine rings is 1. The summed E-state index contributed by atoms with van der Waals surface area (Å²) in [4.78, 5) is 10.8. The number of hydrogen-bond donors (Lipinski definition) is 1. The molecule has 0 aromatic heterocycles. The predicted octanol–water partition coefficient (Wildman–Crippen LogP) is 3.13. The Kier molecular flexibility index (Phi) is 5.05. The summed E-state index contributed by atoms with van der Waals surface area (Å²) in [6, 6.07) is 2.58. The summed E-state index contributed by atoms with van der Waals surface area (Å²) in [5.41, 5.74) is 0. The van der Waals surface area contributed by atoms with Crippen LogP contribution in [-0.4, -0.2) is 36.9 Å². The molecule has 0 amide bonds. The molecule has 0 spiro atoms. The normalized spacial score (nSPS) is 20.4. The van der Waals surface area contributed by atoms with Crippen molar-refractivity contribution in [1.29, 1.82) is 0 Å². The average molecular weight is 373 g/mol. The van der Waals surface area contributed by atoms with Gasteiger partial charge in [0, 0.05) is 18.1 Å². The first kappa shape index (κ1) is 16.8. The maximum absolute atomic E-state index is 12.6. The van der Waals surface area contributed by atoms with Crippen molar-refractivity contribution in [2.45, 2.75) is 17.7 Å². The predicted molar refractivity (Wildman–Crippen MR) is 80.6 cm³/mol. The highest BCUT2D eigenvalue weighted by molar-refractivity contribution is 7.89. The molecule has 0 radical (unpaired) electrons. The zero-order valence-electron chi connectivity index (χ0n) is 10.7. The standard InChI is InChI=1S/C12H12Cl3NO4S/c13-8-4-9(14)11(10(15)5-8)21(19,20)16-3-1-2-7(6-16)12(17)18/h4-5,7H,1-3,6H2,(H,17,18). The van der Waals surface area contributed by atoms with Crippen molar-refractivity contribution >= 4 is 50.8 Å². The molecule has 1 fully saturated rings. The Morgan fingerprint density at radius 1 is 1.24 bits per heavy atom. The van der Waals surface area contributed by atoms with Crippen LogP contribution in [0.2, 0.25) is 15.1 Å². The van der Waals surface area contributed by atoms with E-state index >= 15 is 0 Å². The van der Waals surface area contributed by atoms with Gasteiger partial charge in [-0.3, -0.25) is 4.79 Å². The first-order chi connectivity index (χ1) is 9.73. The summed E-state index contributed by atoms with van der Waals surface area (Å²) in [7, 11) is -3.96. The zero-order chi connectivity index (χ0) is 15.8. The lowest BCUT2D eigenvalue weighted by Crippen LogP contribution is -2.42. The number of hydrogen-bond acceptors (Lipinski definition) is 3. The molecule has 1 aromatic rings. The Morgan fingerprint density at radius 2 is 1.81 bits per heavy atom. The summed E-state index contributed by atoms with van der Waals surface area (Å²) >= 11 is 17.7. The van der Waals surface area contributed by atoms with Crippen LogP contribution in [0.3, 0.4) is 0 Å². The van der Waals surface area contributed by atoms with E-state index in [1.165, 1.54) is 12.1 Å². The van der Waals surface area contributed by atoms with Gasteiger partial charge in [-0.2, -0.15) is 4.31 Å². The number of benzene rings is 1. The van der Waals surface area contributed by atoms with E-state index in [9.17, 15) is 13.2 Å². The van der Waals surface area contributed by atoms with E-state index in [2.05, 4.69) is 0 Å². The second-order valence-corrected chi connectivity index (χ2v) is 7.86. The van der Waals surface area contributed by atoms with Gasteiger partial charge in [0.25, 0.3) is 0 Å². The maximum Gasteiger partial charge on any atom is 0.307 e. The van der Waals surface area contributed by atoms with Crippen molar-refractivity contribution < 1.29 is 18.3 Å². The monoisotopic (exact) mass is 371 g/mol. The Labute approximate surface area is 137 Å². The summed E-state index contributed by atoms with van der Waals surface area (Å²) in [5.74, 6) is -1.73. The van der Waals surface area contributed by atoms with Crippen molar-refractivity contribution in [3.05, 3.63) is 27.2 Å². The van der Waals surface area contributed by atoms with Gasteiger partial charge in [0.15, 0.2) is 0 Å².